The number of carbonyl (C=O) groups is 1. The fourth-order valence-corrected chi connectivity index (χ4v) is 3.01. The summed E-state index contributed by atoms with van der Waals surface area (Å²) in [5.41, 5.74) is 3.34. The first kappa shape index (κ1) is 14.7. The fraction of sp³-hybridized carbons (Fsp3) is 0.333. The Labute approximate surface area is 130 Å². The van der Waals surface area contributed by atoms with Gasteiger partial charge in [0.15, 0.2) is 0 Å². The van der Waals surface area contributed by atoms with E-state index in [0.717, 1.165) is 11.1 Å². The summed E-state index contributed by atoms with van der Waals surface area (Å²) in [5.74, 6) is -0.950. The van der Waals surface area contributed by atoms with E-state index in [1.54, 1.807) is 12.3 Å². The minimum Gasteiger partial charge on any atom is -0.478 e. The Balaban J connectivity index is 1.81. The van der Waals surface area contributed by atoms with E-state index in [1.807, 2.05) is 12.1 Å². The highest BCUT2D eigenvalue weighted by Gasteiger charge is 2.19. The second kappa shape index (κ2) is 6.28. The topological polar surface area (TPSA) is 53.4 Å². The molecule has 22 heavy (non-hydrogen) atoms. The largest absolute Gasteiger partial charge is 0.478 e. The second-order valence-corrected chi connectivity index (χ2v) is 5.81. The number of rotatable bonds is 4. The molecule has 1 aromatic heterocycles. The quantitative estimate of drug-likeness (QED) is 0.936. The Morgan fingerprint density at radius 1 is 1.14 bits per heavy atom. The number of nitrogens with zero attached hydrogens (tertiary/aromatic N) is 2. The lowest BCUT2D eigenvalue weighted by atomic mass is 10.0. The normalized spacial score (nSPS) is 16.6. The molecule has 3 rings (SSSR count). The van der Waals surface area contributed by atoms with Gasteiger partial charge in [-0.3, -0.25) is 9.88 Å². The molecule has 2 aromatic rings. The summed E-state index contributed by atoms with van der Waals surface area (Å²) in [7, 11) is 0. The zero-order chi connectivity index (χ0) is 15.5. The molecule has 0 spiro atoms. The van der Waals surface area contributed by atoms with Crippen molar-refractivity contribution in [3.63, 3.8) is 0 Å². The molecular weight excluding hydrogens is 276 g/mol. The van der Waals surface area contributed by atoms with Crippen molar-refractivity contribution in [3.8, 4) is 11.1 Å². The molecular formula is C18H20N2O2. The summed E-state index contributed by atoms with van der Waals surface area (Å²) in [6, 6.07) is 10.4. The van der Waals surface area contributed by atoms with E-state index in [1.165, 1.54) is 37.7 Å². The summed E-state index contributed by atoms with van der Waals surface area (Å²) in [6.07, 6.45) is 5.65. The Morgan fingerprint density at radius 2 is 1.82 bits per heavy atom. The van der Waals surface area contributed by atoms with Gasteiger partial charge in [0.25, 0.3) is 0 Å². The molecule has 0 radical (unpaired) electrons. The lowest BCUT2D eigenvalue weighted by Gasteiger charge is -2.24. The minimum atomic E-state index is -0.950. The van der Waals surface area contributed by atoms with Gasteiger partial charge < -0.3 is 5.11 Å². The van der Waals surface area contributed by atoms with Crippen molar-refractivity contribution in [2.75, 3.05) is 13.1 Å². The molecule has 0 unspecified atom stereocenters. The predicted octanol–water partition coefficient (Wildman–Crippen LogP) is 3.60. The van der Waals surface area contributed by atoms with Crippen LogP contribution in [-0.2, 0) is 0 Å². The van der Waals surface area contributed by atoms with Crippen molar-refractivity contribution in [2.45, 2.75) is 25.8 Å². The Kier molecular flexibility index (Phi) is 4.20. The van der Waals surface area contributed by atoms with Crippen molar-refractivity contribution in [3.05, 3.63) is 53.9 Å². The van der Waals surface area contributed by atoms with Gasteiger partial charge in [-0.05, 0) is 50.0 Å². The summed E-state index contributed by atoms with van der Waals surface area (Å²) < 4.78 is 0. The predicted molar refractivity (Wildman–Crippen MR) is 85.9 cm³/mol. The van der Waals surface area contributed by atoms with Gasteiger partial charge in [0.05, 0.1) is 5.56 Å². The molecule has 0 bridgehead atoms. The highest BCUT2D eigenvalue weighted by molar-refractivity contribution is 5.88. The van der Waals surface area contributed by atoms with Gasteiger partial charge in [-0.15, -0.1) is 0 Å². The molecule has 1 fully saturated rings. The van der Waals surface area contributed by atoms with Gasteiger partial charge in [0.1, 0.15) is 0 Å². The third kappa shape index (κ3) is 3.02. The van der Waals surface area contributed by atoms with Crippen molar-refractivity contribution < 1.29 is 9.90 Å². The maximum atomic E-state index is 11.0. The molecule has 114 valence electrons. The molecule has 4 heteroatoms. The Bertz CT molecular complexity index is 661. The van der Waals surface area contributed by atoms with E-state index in [9.17, 15) is 4.79 Å². The average Bonchev–Trinajstić information content (AvgIpc) is 3.09. The van der Waals surface area contributed by atoms with Crippen LogP contribution in [0.3, 0.4) is 0 Å². The van der Waals surface area contributed by atoms with Crippen LogP contribution in [0.1, 0.15) is 41.7 Å². The van der Waals surface area contributed by atoms with E-state index in [4.69, 9.17) is 5.11 Å². The number of carboxylic acids is 1. The van der Waals surface area contributed by atoms with Crippen LogP contribution in [0.4, 0.5) is 0 Å². The van der Waals surface area contributed by atoms with Crippen molar-refractivity contribution in [1.82, 2.24) is 9.88 Å². The van der Waals surface area contributed by atoms with Crippen LogP contribution in [0, 0.1) is 0 Å². The zero-order valence-corrected chi connectivity index (χ0v) is 12.7. The van der Waals surface area contributed by atoms with E-state index in [2.05, 4.69) is 28.9 Å². The molecule has 0 amide bonds. The SMILES string of the molecule is C[C@H](c1ccc(-c2cncc(C(=O)O)c2)cc1)N1CCCC1. The fourth-order valence-electron chi connectivity index (χ4n) is 3.01. The first-order chi connectivity index (χ1) is 10.6. The van der Waals surface area contributed by atoms with Gasteiger partial charge in [0.2, 0.25) is 0 Å². The highest BCUT2D eigenvalue weighted by Crippen LogP contribution is 2.27. The van der Waals surface area contributed by atoms with Crippen LogP contribution in [0.2, 0.25) is 0 Å². The summed E-state index contributed by atoms with van der Waals surface area (Å²) in [4.78, 5) is 17.5. The van der Waals surface area contributed by atoms with Crippen LogP contribution in [-0.4, -0.2) is 34.0 Å². The lowest BCUT2D eigenvalue weighted by Crippen LogP contribution is -2.23. The van der Waals surface area contributed by atoms with Crippen LogP contribution in [0.15, 0.2) is 42.7 Å². The number of hydrogen-bond donors (Lipinski definition) is 1. The molecule has 1 atom stereocenters. The second-order valence-electron chi connectivity index (χ2n) is 5.81. The lowest BCUT2D eigenvalue weighted by molar-refractivity contribution is 0.0696. The van der Waals surface area contributed by atoms with E-state index in [-0.39, 0.29) is 5.56 Å². The van der Waals surface area contributed by atoms with Gasteiger partial charge in [0, 0.05) is 24.0 Å². The molecule has 1 aromatic carbocycles. The monoisotopic (exact) mass is 296 g/mol. The maximum absolute atomic E-state index is 11.0. The molecule has 4 nitrogen and oxygen atoms in total. The smallest absolute Gasteiger partial charge is 0.337 e. The average molecular weight is 296 g/mol. The van der Waals surface area contributed by atoms with Crippen LogP contribution >= 0.6 is 0 Å². The number of likely N-dealkylation sites (tertiary alicyclic amines) is 1. The van der Waals surface area contributed by atoms with Crippen LogP contribution < -0.4 is 0 Å². The molecule has 1 aliphatic heterocycles. The Hall–Kier alpha value is -2.20. The van der Waals surface area contributed by atoms with Gasteiger partial charge >= 0.3 is 5.97 Å². The number of carboxylic acid groups (broad SMARTS) is 1. The molecule has 2 heterocycles. The number of benzene rings is 1. The summed E-state index contributed by atoms with van der Waals surface area (Å²) in [6.45, 7) is 4.59. The first-order valence-corrected chi connectivity index (χ1v) is 7.68. The van der Waals surface area contributed by atoms with Gasteiger partial charge in [-0.1, -0.05) is 24.3 Å². The Morgan fingerprint density at radius 3 is 2.45 bits per heavy atom. The van der Waals surface area contributed by atoms with E-state index < -0.39 is 5.97 Å². The molecule has 0 saturated carbocycles. The summed E-state index contributed by atoms with van der Waals surface area (Å²) in [5, 5.41) is 9.05. The maximum Gasteiger partial charge on any atom is 0.337 e. The highest BCUT2D eigenvalue weighted by atomic mass is 16.4. The van der Waals surface area contributed by atoms with Gasteiger partial charge in [-0.2, -0.15) is 0 Å². The van der Waals surface area contributed by atoms with E-state index in [0.29, 0.717) is 6.04 Å². The van der Waals surface area contributed by atoms with Gasteiger partial charge in [-0.25, -0.2) is 4.79 Å². The molecule has 0 aliphatic carbocycles. The third-order valence-electron chi connectivity index (χ3n) is 4.40. The van der Waals surface area contributed by atoms with Crippen LogP contribution in [0.25, 0.3) is 11.1 Å². The van der Waals surface area contributed by atoms with Crippen molar-refractivity contribution in [1.29, 1.82) is 0 Å². The van der Waals surface area contributed by atoms with Crippen molar-refractivity contribution in [2.24, 2.45) is 0 Å². The molecule has 1 N–H and O–H groups in total. The minimum absolute atomic E-state index is 0.215. The number of aromatic nitrogens is 1. The van der Waals surface area contributed by atoms with Crippen LogP contribution in [0.5, 0.6) is 0 Å². The summed E-state index contributed by atoms with van der Waals surface area (Å²) >= 11 is 0. The third-order valence-corrected chi connectivity index (χ3v) is 4.40. The standard InChI is InChI=1S/C18H20N2O2/c1-13(20-8-2-3-9-20)14-4-6-15(7-5-14)16-10-17(18(21)22)12-19-11-16/h4-7,10-13H,2-3,8-9H2,1H3,(H,21,22)/t13-/m1/s1. The number of aromatic carboxylic acids is 1. The van der Waals surface area contributed by atoms with Crippen molar-refractivity contribution >= 4 is 5.97 Å². The first-order valence-electron chi connectivity index (χ1n) is 7.68. The number of hydrogen-bond acceptors (Lipinski definition) is 3. The van der Waals surface area contributed by atoms with E-state index >= 15 is 0 Å². The number of pyridine rings is 1. The molecule has 1 saturated heterocycles. The molecule has 1 aliphatic rings. The zero-order valence-electron chi connectivity index (χ0n) is 12.7.